The van der Waals surface area contributed by atoms with Crippen LogP contribution in [0.4, 0.5) is 11.5 Å². The molecule has 0 aliphatic carbocycles. The number of amides is 1. The highest BCUT2D eigenvalue weighted by Crippen LogP contribution is 2.22. The number of aldehydes is 1. The third-order valence-electron chi connectivity index (χ3n) is 5.64. The first-order valence-corrected chi connectivity index (χ1v) is 10.8. The number of aryl methyl sites for hydroxylation is 1. The Hall–Kier alpha value is -3.74. The van der Waals surface area contributed by atoms with E-state index < -0.39 is 6.04 Å². The van der Waals surface area contributed by atoms with Gasteiger partial charge in [0.05, 0.1) is 11.6 Å². The van der Waals surface area contributed by atoms with Crippen molar-refractivity contribution < 1.29 is 9.59 Å². The minimum Gasteiger partial charge on any atom is -0.368 e. The van der Waals surface area contributed by atoms with Crippen molar-refractivity contribution in [2.24, 2.45) is 0 Å². The Morgan fingerprint density at radius 1 is 1.00 bits per heavy atom. The van der Waals surface area contributed by atoms with Crippen molar-refractivity contribution in [3.63, 3.8) is 0 Å². The predicted octanol–water partition coefficient (Wildman–Crippen LogP) is 2.65. The Morgan fingerprint density at radius 2 is 1.75 bits per heavy atom. The highest BCUT2D eigenvalue weighted by Gasteiger charge is 2.24. The second-order valence-corrected chi connectivity index (χ2v) is 7.91. The summed E-state index contributed by atoms with van der Waals surface area (Å²) in [6.45, 7) is 5.14. The van der Waals surface area contributed by atoms with E-state index in [4.69, 9.17) is 0 Å². The molecule has 0 spiro atoms. The molecule has 3 aromatic rings. The molecule has 3 heterocycles. The predicted molar refractivity (Wildman–Crippen MR) is 125 cm³/mol. The van der Waals surface area contributed by atoms with E-state index in [0.717, 1.165) is 49.4 Å². The summed E-state index contributed by atoms with van der Waals surface area (Å²) in [6, 6.07) is 16.7. The van der Waals surface area contributed by atoms with Crippen LogP contribution >= 0.6 is 0 Å². The molecule has 1 amide bonds. The summed E-state index contributed by atoms with van der Waals surface area (Å²) in [5.41, 5.74) is 3.64. The fourth-order valence-corrected chi connectivity index (χ4v) is 3.98. The molecule has 1 fully saturated rings. The Bertz CT molecular complexity index is 1060. The first-order valence-electron chi connectivity index (χ1n) is 10.8. The largest absolute Gasteiger partial charge is 0.368 e. The smallest absolute Gasteiger partial charge is 0.255 e. The molecule has 4 rings (SSSR count). The lowest BCUT2D eigenvalue weighted by molar-refractivity contribution is -0.109. The monoisotopic (exact) mass is 429 g/mol. The standard InChI is InChI=1S/C25H27N5O2/c1-19-16-22(9-11-26-19)29-12-14-30(15-13-29)24-23(8-5-10-27-24)25(32)28-21(18-31)17-20-6-3-2-4-7-20/h2-11,16,18,21H,12-15,17H2,1H3,(H,28,32). The molecular formula is C25H27N5O2. The van der Waals surface area contributed by atoms with Crippen LogP contribution in [0.1, 0.15) is 21.6 Å². The number of benzene rings is 1. The minimum absolute atomic E-state index is 0.284. The van der Waals surface area contributed by atoms with E-state index >= 15 is 0 Å². The molecule has 0 bridgehead atoms. The van der Waals surface area contributed by atoms with Crippen LogP contribution in [-0.2, 0) is 11.2 Å². The molecule has 1 N–H and O–H groups in total. The maximum atomic E-state index is 13.0. The summed E-state index contributed by atoms with van der Waals surface area (Å²) in [5, 5.41) is 2.86. The highest BCUT2D eigenvalue weighted by atomic mass is 16.2. The van der Waals surface area contributed by atoms with Crippen LogP contribution < -0.4 is 15.1 Å². The van der Waals surface area contributed by atoms with Crippen molar-refractivity contribution in [1.29, 1.82) is 0 Å². The van der Waals surface area contributed by atoms with E-state index in [1.165, 1.54) is 0 Å². The molecule has 0 saturated carbocycles. The van der Waals surface area contributed by atoms with Crippen LogP contribution in [0.3, 0.4) is 0 Å². The zero-order chi connectivity index (χ0) is 22.3. The summed E-state index contributed by atoms with van der Waals surface area (Å²) in [4.78, 5) is 37.9. The van der Waals surface area contributed by atoms with Crippen LogP contribution in [0.2, 0.25) is 0 Å². The second-order valence-electron chi connectivity index (χ2n) is 7.91. The molecule has 1 aliphatic rings. The summed E-state index contributed by atoms with van der Waals surface area (Å²) in [5.74, 6) is 0.369. The average molecular weight is 430 g/mol. The third kappa shape index (κ3) is 5.11. The van der Waals surface area contributed by atoms with Gasteiger partial charge in [-0.25, -0.2) is 4.98 Å². The van der Waals surface area contributed by atoms with Gasteiger partial charge in [0.1, 0.15) is 12.1 Å². The lowest BCUT2D eigenvalue weighted by Crippen LogP contribution is -2.47. The quantitative estimate of drug-likeness (QED) is 0.582. The van der Waals surface area contributed by atoms with Crippen LogP contribution in [0.15, 0.2) is 67.0 Å². The number of nitrogens with one attached hydrogen (secondary N) is 1. The maximum absolute atomic E-state index is 13.0. The third-order valence-corrected chi connectivity index (χ3v) is 5.64. The average Bonchev–Trinajstić information content (AvgIpc) is 2.84. The van der Waals surface area contributed by atoms with E-state index in [1.807, 2.05) is 49.5 Å². The second kappa shape index (κ2) is 10.0. The Morgan fingerprint density at radius 3 is 2.47 bits per heavy atom. The Labute approximate surface area is 188 Å². The van der Waals surface area contributed by atoms with Gasteiger partial charge in [0.25, 0.3) is 5.91 Å². The molecule has 1 atom stereocenters. The lowest BCUT2D eigenvalue weighted by atomic mass is 10.1. The number of nitrogens with zero attached hydrogens (tertiary/aromatic N) is 4. The summed E-state index contributed by atoms with van der Waals surface area (Å²) in [6.07, 6.45) is 4.77. The summed E-state index contributed by atoms with van der Waals surface area (Å²) >= 11 is 0. The van der Waals surface area contributed by atoms with Gasteiger partial charge in [-0.3, -0.25) is 9.78 Å². The number of anilines is 2. The van der Waals surface area contributed by atoms with Crippen LogP contribution in [0.5, 0.6) is 0 Å². The van der Waals surface area contributed by atoms with Crippen molar-refractivity contribution in [2.75, 3.05) is 36.0 Å². The molecule has 7 nitrogen and oxygen atoms in total. The molecule has 1 aliphatic heterocycles. The first-order chi connectivity index (χ1) is 15.6. The van der Waals surface area contributed by atoms with Crippen molar-refractivity contribution in [1.82, 2.24) is 15.3 Å². The van der Waals surface area contributed by atoms with Crippen molar-refractivity contribution in [3.8, 4) is 0 Å². The summed E-state index contributed by atoms with van der Waals surface area (Å²) < 4.78 is 0. The SMILES string of the molecule is Cc1cc(N2CCN(c3ncccc3C(=O)NC(C=O)Cc3ccccc3)CC2)ccn1. The van der Waals surface area contributed by atoms with Gasteiger partial charge in [0.2, 0.25) is 0 Å². The van der Waals surface area contributed by atoms with Gasteiger partial charge in [0.15, 0.2) is 0 Å². The van der Waals surface area contributed by atoms with Crippen molar-refractivity contribution >= 4 is 23.7 Å². The molecule has 1 unspecified atom stereocenters. The van der Waals surface area contributed by atoms with E-state index in [0.29, 0.717) is 17.8 Å². The lowest BCUT2D eigenvalue weighted by Gasteiger charge is -2.37. The maximum Gasteiger partial charge on any atom is 0.255 e. The van der Waals surface area contributed by atoms with Gasteiger partial charge < -0.3 is 19.9 Å². The molecule has 0 radical (unpaired) electrons. The number of piperazine rings is 1. The van der Waals surface area contributed by atoms with Gasteiger partial charge in [-0.05, 0) is 43.2 Å². The van der Waals surface area contributed by atoms with Crippen molar-refractivity contribution in [2.45, 2.75) is 19.4 Å². The number of carbonyl (C=O) groups excluding carboxylic acids is 2. The van der Waals surface area contributed by atoms with E-state index in [-0.39, 0.29) is 5.91 Å². The van der Waals surface area contributed by atoms with Crippen LogP contribution in [-0.4, -0.2) is 54.4 Å². The van der Waals surface area contributed by atoms with Gasteiger partial charge in [-0.1, -0.05) is 30.3 Å². The number of aromatic nitrogens is 2. The number of pyridine rings is 2. The molecule has 32 heavy (non-hydrogen) atoms. The zero-order valence-corrected chi connectivity index (χ0v) is 18.1. The normalized spacial score (nSPS) is 14.7. The van der Waals surface area contributed by atoms with Gasteiger partial charge in [0, 0.05) is 50.0 Å². The number of rotatable bonds is 7. The van der Waals surface area contributed by atoms with E-state index in [1.54, 1.807) is 18.3 Å². The highest BCUT2D eigenvalue weighted by molar-refractivity contribution is 6.00. The molecule has 2 aromatic heterocycles. The molecule has 7 heteroatoms. The summed E-state index contributed by atoms with van der Waals surface area (Å²) in [7, 11) is 0. The van der Waals surface area contributed by atoms with Gasteiger partial charge in [-0.2, -0.15) is 0 Å². The number of hydrogen-bond donors (Lipinski definition) is 1. The van der Waals surface area contributed by atoms with Crippen LogP contribution in [0.25, 0.3) is 0 Å². The molecular weight excluding hydrogens is 402 g/mol. The van der Waals surface area contributed by atoms with E-state index in [2.05, 4.69) is 31.2 Å². The van der Waals surface area contributed by atoms with Crippen LogP contribution in [0, 0.1) is 6.92 Å². The molecule has 1 aromatic carbocycles. The van der Waals surface area contributed by atoms with Crippen molar-refractivity contribution in [3.05, 3.63) is 83.8 Å². The fourth-order valence-electron chi connectivity index (χ4n) is 3.98. The fraction of sp³-hybridized carbons (Fsp3) is 0.280. The minimum atomic E-state index is -0.593. The van der Waals surface area contributed by atoms with Gasteiger partial charge in [-0.15, -0.1) is 0 Å². The molecule has 164 valence electrons. The number of carbonyl (C=O) groups is 2. The topological polar surface area (TPSA) is 78.4 Å². The Kier molecular flexibility index (Phi) is 6.75. The Balaban J connectivity index is 1.43. The first kappa shape index (κ1) is 21.5. The number of hydrogen-bond acceptors (Lipinski definition) is 6. The van der Waals surface area contributed by atoms with Gasteiger partial charge >= 0.3 is 0 Å². The zero-order valence-electron chi connectivity index (χ0n) is 18.1. The molecule has 1 saturated heterocycles. The van der Waals surface area contributed by atoms with E-state index in [9.17, 15) is 9.59 Å².